The molecule has 2 N–H and O–H groups in total. The molecule has 0 aliphatic carbocycles. The van der Waals surface area contributed by atoms with Gasteiger partial charge in [-0.15, -0.1) is 11.3 Å². The third kappa shape index (κ3) is 3.90. The Morgan fingerprint density at radius 1 is 1.32 bits per heavy atom. The van der Waals surface area contributed by atoms with Gasteiger partial charge in [0.1, 0.15) is 15.9 Å². The first-order valence-electron chi connectivity index (χ1n) is 7.83. The first kappa shape index (κ1) is 17.2. The number of amides is 1. The number of carboxylic acids is 1. The van der Waals surface area contributed by atoms with E-state index in [1.807, 2.05) is 26.0 Å². The zero-order valence-corrected chi connectivity index (χ0v) is 14.6. The quantitative estimate of drug-likeness (QED) is 0.820. The number of nitrogens with zero attached hydrogens (tertiary/aromatic N) is 1. The van der Waals surface area contributed by atoms with Gasteiger partial charge in [-0.2, -0.15) is 0 Å². The Kier molecular flexibility index (Phi) is 4.89. The lowest BCUT2D eigenvalue weighted by Gasteiger charge is -2.15. The maximum atomic E-state index is 12.3. The molecule has 1 atom stereocenters. The third-order valence-corrected chi connectivity index (χ3v) is 4.70. The molecule has 25 heavy (non-hydrogen) atoms. The van der Waals surface area contributed by atoms with Gasteiger partial charge in [0, 0.05) is 5.56 Å². The minimum Gasteiger partial charge on any atom is -0.480 e. The molecule has 2 aromatic rings. The van der Waals surface area contributed by atoms with Crippen LogP contribution in [0.4, 0.5) is 0 Å². The van der Waals surface area contributed by atoms with E-state index in [1.165, 1.54) is 17.5 Å². The highest BCUT2D eigenvalue weighted by Crippen LogP contribution is 2.36. The van der Waals surface area contributed by atoms with Crippen LogP contribution in [0.5, 0.6) is 11.5 Å². The van der Waals surface area contributed by atoms with Gasteiger partial charge in [0.25, 0.3) is 5.91 Å². The van der Waals surface area contributed by atoms with Gasteiger partial charge in [-0.1, -0.05) is 13.8 Å². The molecular formula is C17H18N2O5S. The van der Waals surface area contributed by atoms with Crippen LogP contribution in [0.15, 0.2) is 24.4 Å². The molecule has 1 amide bonds. The van der Waals surface area contributed by atoms with Gasteiger partial charge in [0.15, 0.2) is 11.5 Å². The predicted octanol–water partition coefficient (Wildman–Crippen LogP) is 2.77. The molecule has 0 spiro atoms. The number of nitrogens with one attached hydrogen (secondary N) is 1. The summed E-state index contributed by atoms with van der Waals surface area (Å²) < 4.78 is 10.6. The van der Waals surface area contributed by atoms with E-state index in [2.05, 4.69) is 10.3 Å². The van der Waals surface area contributed by atoms with Gasteiger partial charge in [-0.3, -0.25) is 4.79 Å². The number of aliphatic carboxylic acids is 1. The Balaban J connectivity index is 1.74. The van der Waals surface area contributed by atoms with Crippen molar-refractivity contribution in [1.29, 1.82) is 0 Å². The Morgan fingerprint density at radius 3 is 2.80 bits per heavy atom. The fourth-order valence-electron chi connectivity index (χ4n) is 2.46. The van der Waals surface area contributed by atoms with E-state index in [4.69, 9.17) is 9.47 Å². The Bertz CT molecular complexity index is 802. The summed E-state index contributed by atoms with van der Waals surface area (Å²) in [5.41, 5.74) is 0.810. The molecule has 1 aromatic carbocycles. The zero-order chi connectivity index (χ0) is 18.0. The van der Waals surface area contributed by atoms with Crippen LogP contribution in [0.1, 0.15) is 29.9 Å². The van der Waals surface area contributed by atoms with Gasteiger partial charge in [0.2, 0.25) is 6.79 Å². The molecule has 0 saturated carbocycles. The summed E-state index contributed by atoms with van der Waals surface area (Å²) in [6, 6.07) is 4.53. The first-order chi connectivity index (χ1) is 11.9. The molecule has 132 valence electrons. The normalized spacial score (nSPS) is 13.7. The number of rotatable bonds is 6. The average Bonchev–Trinajstić information content (AvgIpc) is 3.22. The lowest BCUT2D eigenvalue weighted by atomic mass is 10.0. The highest BCUT2D eigenvalue weighted by molar-refractivity contribution is 7.16. The van der Waals surface area contributed by atoms with E-state index in [0.29, 0.717) is 27.8 Å². The maximum absolute atomic E-state index is 12.3. The second-order valence-corrected chi connectivity index (χ2v) is 7.12. The van der Waals surface area contributed by atoms with Crippen molar-refractivity contribution in [3.05, 3.63) is 29.3 Å². The molecule has 1 aliphatic heterocycles. The van der Waals surface area contributed by atoms with Crippen molar-refractivity contribution in [2.45, 2.75) is 26.3 Å². The standard InChI is InChI=1S/C17H18N2O5S/c1-9(2)5-11(17(21)22)19-15(20)14-7-18-16(25-14)10-3-4-12-13(6-10)24-8-23-12/h3-4,6-7,9,11H,5,8H2,1-2H3,(H,19,20)(H,21,22)/t11-/m0/s1. The molecule has 7 nitrogen and oxygen atoms in total. The fraction of sp³-hybridized carbons (Fsp3) is 0.353. The molecule has 0 bridgehead atoms. The fourth-order valence-corrected chi connectivity index (χ4v) is 3.28. The molecule has 0 fully saturated rings. The van der Waals surface area contributed by atoms with E-state index in [1.54, 1.807) is 6.07 Å². The van der Waals surface area contributed by atoms with Crippen molar-refractivity contribution in [2.24, 2.45) is 5.92 Å². The van der Waals surface area contributed by atoms with Crippen molar-refractivity contribution in [1.82, 2.24) is 10.3 Å². The molecule has 1 aromatic heterocycles. The lowest BCUT2D eigenvalue weighted by molar-refractivity contribution is -0.139. The van der Waals surface area contributed by atoms with Crippen LogP contribution in [0.2, 0.25) is 0 Å². The van der Waals surface area contributed by atoms with Crippen molar-refractivity contribution >= 4 is 23.2 Å². The van der Waals surface area contributed by atoms with E-state index in [0.717, 1.165) is 5.56 Å². The number of aromatic nitrogens is 1. The minimum absolute atomic E-state index is 0.159. The number of benzene rings is 1. The summed E-state index contributed by atoms with van der Waals surface area (Å²) in [6.07, 6.45) is 1.82. The largest absolute Gasteiger partial charge is 0.480 e. The number of carbonyl (C=O) groups excluding carboxylic acids is 1. The second-order valence-electron chi connectivity index (χ2n) is 6.09. The molecule has 0 unspecified atom stereocenters. The van der Waals surface area contributed by atoms with Crippen LogP contribution in [0.3, 0.4) is 0 Å². The average molecular weight is 362 g/mol. The van der Waals surface area contributed by atoms with Crippen molar-refractivity contribution in [3.63, 3.8) is 0 Å². The summed E-state index contributed by atoms with van der Waals surface area (Å²) in [6.45, 7) is 4.01. The summed E-state index contributed by atoms with van der Waals surface area (Å²) in [7, 11) is 0. The minimum atomic E-state index is -1.04. The van der Waals surface area contributed by atoms with Gasteiger partial charge >= 0.3 is 5.97 Å². The van der Waals surface area contributed by atoms with Crippen LogP contribution < -0.4 is 14.8 Å². The smallest absolute Gasteiger partial charge is 0.326 e. The Labute approximate surface area is 148 Å². The Hall–Kier alpha value is -2.61. The van der Waals surface area contributed by atoms with Gasteiger partial charge in [0.05, 0.1) is 6.20 Å². The number of hydrogen-bond donors (Lipinski definition) is 2. The number of fused-ring (bicyclic) bond motifs is 1. The van der Waals surface area contributed by atoms with Crippen LogP contribution in [-0.2, 0) is 4.79 Å². The maximum Gasteiger partial charge on any atom is 0.326 e. The zero-order valence-electron chi connectivity index (χ0n) is 13.8. The number of hydrogen-bond acceptors (Lipinski definition) is 6. The molecular weight excluding hydrogens is 344 g/mol. The van der Waals surface area contributed by atoms with E-state index >= 15 is 0 Å². The van der Waals surface area contributed by atoms with Gasteiger partial charge in [-0.05, 0) is 30.5 Å². The Morgan fingerprint density at radius 2 is 2.08 bits per heavy atom. The van der Waals surface area contributed by atoms with Gasteiger partial charge < -0.3 is 19.9 Å². The topological polar surface area (TPSA) is 97.8 Å². The van der Waals surface area contributed by atoms with E-state index in [9.17, 15) is 14.7 Å². The predicted molar refractivity (Wildman–Crippen MR) is 92.0 cm³/mol. The molecule has 3 rings (SSSR count). The molecule has 8 heteroatoms. The monoisotopic (exact) mass is 362 g/mol. The van der Waals surface area contributed by atoms with Crippen LogP contribution in [0, 0.1) is 5.92 Å². The highest BCUT2D eigenvalue weighted by Gasteiger charge is 2.23. The van der Waals surface area contributed by atoms with Crippen LogP contribution in [-0.4, -0.2) is 34.8 Å². The number of thiazole rings is 1. The molecule has 0 radical (unpaired) electrons. The SMILES string of the molecule is CC(C)C[C@H](NC(=O)c1cnc(-c2ccc3c(c2)OCO3)s1)C(=O)O. The van der Waals surface area contributed by atoms with Crippen LogP contribution in [0.25, 0.3) is 10.6 Å². The summed E-state index contributed by atoms with van der Waals surface area (Å²) >= 11 is 1.20. The van der Waals surface area contributed by atoms with Crippen molar-refractivity contribution < 1.29 is 24.2 Å². The molecule has 1 aliphatic rings. The first-order valence-corrected chi connectivity index (χ1v) is 8.65. The summed E-state index contributed by atoms with van der Waals surface area (Å²) in [4.78, 5) is 28.2. The number of carbonyl (C=O) groups is 2. The van der Waals surface area contributed by atoms with E-state index < -0.39 is 17.9 Å². The number of ether oxygens (including phenoxy) is 2. The van der Waals surface area contributed by atoms with Crippen molar-refractivity contribution in [2.75, 3.05) is 6.79 Å². The molecule has 2 heterocycles. The lowest BCUT2D eigenvalue weighted by Crippen LogP contribution is -2.41. The summed E-state index contributed by atoms with van der Waals surface area (Å²) in [5, 5.41) is 12.4. The number of carboxylic acid groups (broad SMARTS) is 1. The van der Waals surface area contributed by atoms with E-state index in [-0.39, 0.29) is 12.7 Å². The second kappa shape index (κ2) is 7.10. The van der Waals surface area contributed by atoms with Crippen LogP contribution >= 0.6 is 11.3 Å². The molecule has 0 saturated heterocycles. The van der Waals surface area contributed by atoms with Gasteiger partial charge in [-0.25, -0.2) is 9.78 Å². The van der Waals surface area contributed by atoms with Crippen molar-refractivity contribution in [3.8, 4) is 22.1 Å². The highest BCUT2D eigenvalue weighted by atomic mass is 32.1. The summed E-state index contributed by atoms with van der Waals surface area (Å²) in [5.74, 6) is 0.00462. The third-order valence-electron chi connectivity index (χ3n) is 3.66.